The summed E-state index contributed by atoms with van der Waals surface area (Å²) in [6.45, 7) is 2.25. The van der Waals surface area contributed by atoms with Crippen molar-refractivity contribution in [3.63, 3.8) is 0 Å². The van der Waals surface area contributed by atoms with E-state index in [1.54, 1.807) is 7.05 Å². The minimum Gasteiger partial charge on any atom is -0.356 e. The van der Waals surface area contributed by atoms with Crippen molar-refractivity contribution in [3.05, 3.63) is 35.9 Å². The second-order valence-electron chi connectivity index (χ2n) is 7.08. The van der Waals surface area contributed by atoms with Crippen LogP contribution in [-0.4, -0.2) is 56.6 Å². The summed E-state index contributed by atoms with van der Waals surface area (Å²) in [5, 5.41) is 6.87. The fraction of sp³-hybridized carbons (Fsp3) is 0.632. The zero-order valence-electron chi connectivity index (χ0n) is 14.8. The lowest BCUT2D eigenvalue weighted by atomic mass is 10.1. The SMILES string of the molecule is CN=C(NCC1CC1c1ccccc1)NC1CCN(CC(F)F)CC1. The molecule has 0 spiro atoms. The summed E-state index contributed by atoms with van der Waals surface area (Å²) < 4.78 is 24.9. The molecular formula is C19H28F2N4. The first kappa shape index (κ1) is 18.1. The topological polar surface area (TPSA) is 39.7 Å². The molecule has 0 bridgehead atoms. The molecule has 1 saturated carbocycles. The van der Waals surface area contributed by atoms with E-state index in [1.807, 2.05) is 4.90 Å². The van der Waals surface area contributed by atoms with Crippen LogP contribution in [0, 0.1) is 5.92 Å². The quantitative estimate of drug-likeness (QED) is 0.612. The second-order valence-corrected chi connectivity index (χ2v) is 7.08. The molecule has 1 heterocycles. The van der Waals surface area contributed by atoms with E-state index >= 15 is 0 Å². The van der Waals surface area contributed by atoms with Crippen LogP contribution in [0.2, 0.25) is 0 Å². The lowest BCUT2D eigenvalue weighted by Gasteiger charge is -2.32. The number of hydrogen-bond acceptors (Lipinski definition) is 2. The van der Waals surface area contributed by atoms with Gasteiger partial charge in [0.1, 0.15) is 0 Å². The molecular weight excluding hydrogens is 322 g/mol. The molecule has 1 aromatic rings. The predicted molar refractivity (Wildman–Crippen MR) is 97.3 cm³/mol. The first-order valence-corrected chi connectivity index (χ1v) is 9.18. The number of nitrogens with one attached hydrogen (secondary N) is 2. The Bertz CT molecular complexity index is 556. The molecule has 0 radical (unpaired) electrons. The summed E-state index contributed by atoms with van der Waals surface area (Å²) in [5.41, 5.74) is 1.42. The Balaban J connectivity index is 1.37. The largest absolute Gasteiger partial charge is 0.356 e. The molecule has 6 heteroatoms. The Hall–Kier alpha value is -1.69. The van der Waals surface area contributed by atoms with Crippen molar-refractivity contribution in [2.75, 3.05) is 33.2 Å². The Morgan fingerprint density at radius 1 is 1.24 bits per heavy atom. The number of guanidine groups is 1. The zero-order valence-corrected chi connectivity index (χ0v) is 14.8. The summed E-state index contributed by atoms with van der Waals surface area (Å²) >= 11 is 0. The average Bonchev–Trinajstić information content (AvgIpc) is 3.40. The van der Waals surface area contributed by atoms with Gasteiger partial charge < -0.3 is 10.6 Å². The van der Waals surface area contributed by atoms with Gasteiger partial charge >= 0.3 is 0 Å². The molecule has 1 aromatic carbocycles. The third-order valence-corrected chi connectivity index (χ3v) is 5.23. The van der Waals surface area contributed by atoms with E-state index in [0.29, 0.717) is 17.9 Å². The maximum Gasteiger partial charge on any atom is 0.251 e. The Labute approximate surface area is 148 Å². The molecule has 2 fully saturated rings. The second kappa shape index (κ2) is 8.61. The molecule has 0 aromatic heterocycles. The molecule has 2 aliphatic rings. The van der Waals surface area contributed by atoms with Crippen LogP contribution < -0.4 is 10.6 Å². The maximum atomic E-state index is 12.4. The lowest BCUT2D eigenvalue weighted by molar-refractivity contribution is 0.0744. The summed E-state index contributed by atoms with van der Waals surface area (Å²) in [6.07, 6.45) is 0.738. The average molecular weight is 350 g/mol. The summed E-state index contributed by atoms with van der Waals surface area (Å²) in [4.78, 5) is 6.15. The third kappa shape index (κ3) is 5.39. The zero-order chi connectivity index (χ0) is 17.6. The third-order valence-electron chi connectivity index (χ3n) is 5.23. The molecule has 1 aliphatic carbocycles. The molecule has 25 heavy (non-hydrogen) atoms. The van der Waals surface area contributed by atoms with Crippen molar-refractivity contribution in [1.82, 2.24) is 15.5 Å². The van der Waals surface area contributed by atoms with Crippen LogP contribution in [0.3, 0.4) is 0 Å². The van der Waals surface area contributed by atoms with Crippen LogP contribution in [0.4, 0.5) is 8.78 Å². The van der Waals surface area contributed by atoms with Crippen molar-refractivity contribution in [1.29, 1.82) is 0 Å². The number of nitrogens with zero attached hydrogens (tertiary/aromatic N) is 2. The van der Waals surface area contributed by atoms with Gasteiger partial charge in [-0.2, -0.15) is 0 Å². The monoisotopic (exact) mass is 350 g/mol. The van der Waals surface area contributed by atoms with E-state index in [0.717, 1.165) is 38.4 Å². The van der Waals surface area contributed by atoms with Gasteiger partial charge in [0, 0.05) is 32.7 Å². The van der Waals surface area contributed by atoms with Crippen molar-refractivity contribution >= 4 is 5.96 Å². The van der Waals surface area contributed by atoms with Crippen LogP contribution in [0.15, 0.2) is 35.3 Å². The summed E-state index contributed by atoms with van der Waals surface area (Å²) in [7, 11) is 1.78. The number of aliphatic imine (C=N–C) groups is 1. The smallest absolute Gasteiger partial charge is 0.251 e. The minimum absolute atomic E-state index is 0.109. The van der Waals surface area contributed by atoms with Gasteiger partial charge in [0.25, 0.3) is 6.43 Å². The molecule has 2 unspecified atom stereocenters. The van der Waals surface area contributed by atoms with E-state index in [2.05, 4.69) is 46.0 Å². The molecule has 4 nitrogen and oxygen atoms in total. The van der Waals surface area contributed by atoms with Crippen molar-refractivity contribution in [2.45, 2.75) is 37.6 Å². The van der Waals surface area contributed by atoms with Crippen molar-refractivity contribution in [2.24, 2.45) is 10.9 Å². The highest BCUT2D eigenvalue weighted by Gasteiger charge is 2.37. The Kier molecular flexibility index (Phi) is 6.24. The normalized spacial score (nSPS) is 25.2. The predicted octanol–water partition coefficient (Wildman–Crippen LogP) is 2.68. The van der Waals surface area contributed by atoms with Gasteiger partial charge in [-0.05, 0) is 36.7 Å². The number of hydrogen-bond donors (Lipinski definition) is 2. The summed E-state index contributed by atoms with van der Waals surface area (Å²) in [6, 6.07) is 11.0. The molecule has 3 rings (SSSR count). The molecule has 0 amide bonds. The van der Waals surface area contributed by atoms with E-state index < -0.39 is 6.43 Å². The molecule has 1 aliphatic heterocycles. The van der Waals surface area contributed by atoms with Crippen molar-refractivity contribution in [3.8, 4) is 0 Å². The highest BCUT2D eigenvalue weighted by Crippen LogP contribution is 2.46. The lowest BCUT2D eigenvalue weighted by Crippen LogP contribution is -2.49. The maximum absolute atomic E-state index is 12.4. The highest BCUT2D eigenvalue weighted by molar-refractivity contribution is 5.80. The van der Waals surface area contributed by atoms with Gasteiger partial charge in [-0.15, -0.1) is 0 Å². The van der Waals surface area contributed by atoms with Gasteiger partial charge in [0.05, 0.1) is 6.54 Å². The Morgan fingerprint density at radius 2 is 1.96 bits per heavy atom. The Morgan fingerprint density at radius 3 is 2.60 bits per heavy atom. The van der Waals surface area contributed by atoms with Gasteiger partial charge in [-0.25, -0.2) is 8.78 Å². The number of alkyl halides is 2. The number of rotatable bonds is 6. The van der Waals surface area contributed by atoms with Gasteiger partial charge in [-0.3, -0.25) is 9.89 Å². The van der Waals surface area contributed by atoms with Crippen LogP contribution in [-0.2, 0) is 0 Å². The molecule has 2 atom stereocenters. The van der Waals surface area contributed by atoms with Gasteiger partial charge in [0.15, 0.2) is 5.96 Å². The van der Waals surface area contributed by atoms with Crippen LogP contribution in [0.1, 0.15) is 30.7 Å². The van der Waals surface area contributed by atoms with Crippen LogP contribution >= 0.6 is 0 Å². The number of likely N-dealkylation sites (tertiary alicyclic amines) is 1. The van der Waals surface area contributed by atoms with Gasteiger partial charge in [0.2, 0.25) is 0 Å². The van der Waals surface area contributed by atoms with E-state index in [4.69, 9.17) is 0 Å². The minimum atomic E-state index is -2.24. The first-order valence-electron chi connectivity index (χ1n) is 9.18. The molecule has 138 valence electrons. The van der Waals surface area contributed by atoms with Crippen LogP contribution in [0.25, 0.3) is 0 Å². The van der Waals surface area contributed by atoms with E-state index in [9.17, 15) is 8.78 Å². The molecule has 2 N–H and O–H groups in total. The highest BCUT2D eigenvalue weighted by atomic mass is 19.3. The standard InChI is InChI=1S/C19H28F2N4/c1-22-19(24-16-7-9-25(10-8-16)13-18(20)21)23-12-15-11-17(15)14-5-3-2-4-6-14/h2-6,15-18H,7-13H2,1H3,(H2,22,23,24). The van der Waals surface area contributed by atoms with E-state index in [1.165, 1.54) is 12.0 Å². The number of piperidine rings is 1. The first-order chi connectivity index (χ1) is 12.2. The fourth-order valence-electron chi connectivity index (χ4n) is 3.65. The number of halogens is 2. The molecule has 1 saturated heterocycles. The van der Waals surface area contributed by atoms with E-state index in [-0.39, 0.29) is 6.54 Å². The van der Waals surface area contributed by atoms with Crippen LogP contribution in [0.5, 0.6) is 0 Å². The van der Waals surface area contributed by atoms with Crippen molar-refractivity contribution < 1.29 is 8.78 Å². The number of benzene rings is 1. The summed E-state index contributed by atoms with van der Waals surface area (Å²) in [5.74, 6) is 2.14. The fourth-order valence-corrected chi connectivity index (χ4v) is 3.65. The van der Waals surface area contributed by atoms with Gasteiger partial charge in [-0.1, -0.05) is 30.3 Å².